The summed E-state index contributed by atoms with van der Waals surface area (Å²) in [5.74, 6) is 2.34. The molecule has 3 aromatic rings. The zero-order chi connectivity index (χ0) is 30.8. The first kappa shape index (κ1) is 29.9. The van der Waals surface area contributed by atoms with Gasteiger partial charge in [0, 0.05) is 23.3 Å². The predicted octanol–water partition coefficient (Wildman–Crippen LogP) is 9.45. The summed E-state index contributed by atoms with van der Waals surface area (Å²) in [6.45, 7) is 5.19. The van der Waals surface area contributed by atoms with Gasteiger partial charge < -0.3 is 14.3 Å². The number of aliphatic hydroxyl groups is 1. The molecule has 2 aromatic carbocycles. The molecule has 1 aromatic heterocycles. The van der Waals surface area contributed by atoms with Crippen LogP contribution in [0, 0.1) is 17.8 Å². The third kappa shape index (κ3) is 6.08. The molecule has 5 nitrogen and oxygen atoms in total. The molecular formula is C40H44N2O3. The number of rotatable bonds is 10. The number of allylic oxidation sites excluding steroid dienone is 5. The van der Waals surface area contributed by atoms with E-state index in [0.717, 1.165) is 41.9 Å². The van der Waals surface area contributed by atoms with E-state index in [-0.39, 0.29) is 18.1 Å². The predicted molar refractivity (Wildman–Crippen MR) is 185 cm³/mol. The van der Waals surface area contributed by atoms with Gasteiger partial charge in [0.15, 0.2) is 6.23 Å². The Morgan fingerprint density at radius 3 is 2.69 bits per heavy atom. The molecule has 7 rings (SSSR count). The Balaban J connectivity index is 1.26. The van der Waals surface area contributed by atoms with Gasteiger partial charge in [-0.3, -0.25) is 0 Å². The molecule has 6 unspecified atom stereocenters. The van der Waals surface area contributed by atoms with E-state index in [1.807, 2.05) is 30.4 Å². The summed E-state index contributed by atoms with van der Waals surface area (Å²) in [6, 6.07) is 17.1. The lowest BCUT2D eigenvalue weighted by Gasteiger charge is -2.35. The SMILES string of the molecule is CCCCC(CC)COC1CC(C2=Cc3oc4cc(-c5ccccc5)ccc4c3C3C=CCCC23)=NC(C2C=CC=CC2O)=N1. The van der Waals surface area contributed by atoms with Crippen LogP contribution in [0.3, 0.4) is 0 Å². The zero-order valence-corrected chi connectivity index (χ0v) is 26.4. The molecule has 6 atom stereocenters. The number of aliphatic hydroxyl groups excluding tert-OH is 1. The summed E-state index contributed by atoms with van der Waals surface area (Å²) in [5, 5.41) is 12.1. The molecule has 2 heterocycles. The second kappa shape index (κ2) is 13.3. The largest absolute Gasteiger partial charge is 0.456 e. The fourth-order valence-electron chi connectivity index (χ4n) is 7.41. The molecule has 0 spiro atoms. The van der Waals surface area contributed by atoms with Gasteiger partial charge in [-0.15, -0.1) is 0 Å². The van der Waals surface area contributed by atoms with Crippen LogP contribution in [0.2, 0.25) is 0 Å². The highest BCUT2D eigenvalue weighted by Crippen LogP contribution is 2.49. The van der Waals surface area contributed by atoms with E-state index in [0.29, 0.717) is 30.7 Å². The van der Waals surface area contributed by atoms with Crippen molar-refractivity contribution in [3.63, 3.8) is 0 Å². The molecule has 1 aliphatic heterocycles. The van der Waals surface area contributed by atoms with Crippen LogP contribution in [0.4, 0.5) is 0 Å². The quantitative estimate of drug-likeness (QED) is 0.236. The Hall–Kier alpha value is -3.80. The van der Waals surface area contributed by atoms with Crippen molar-refractivity contribution in [1.82, 2.24) is 0 Å². The van der Waals surface area contributed by atoms with Crippen molar-refractivity contribution in [3.8, 4) is 11.1 Å². The number of benzene rings is 2. The molecule has 0 saturated carbocycles. The van der Waals surface area contributed by atoms with E-state index in [9.17, 15) is 5.11 Å². The van der Waals surface area contributed by atoms with Gasteiger partial charge in [0.2, 0.25) is 0 Å². The van der Waals surface area contributed by atoms with Crippen LogP contribution >= 0.6 is 0 Å². The number of amidine groups is 1. The number of nitrogens with zero attached hydrogens (tertiary/aromatic N) is 2. The van der Waals surface area contributed by atoms with Crippen LogP contribution in [-0.2, 0) is 4.74 Å². The topological polar surface area (TPSA) is 67.3 Å². The number of furan rings is 1. The van der Waals surface area contributed by atoms with E-state index in [2.05, 4.69) is 74.5 Å². The summed E-state index contributed by atoms with van der Waals surface area (Å²) >= 11 is 0. The number of fused-ring (bicyclic) bond motifs is 5. The zero-order valence-electron chi connectivity index (χ0n) is 26.4. The minimum Gasteiger partial charge on any atom is -0.456 e. The lowest BCUT2D eigenvalue weighted by Crippen LogP contribution is -2.35. The van der Waals surface area contributed by atoms with Crippen molar-refractivity contribution in [3.05, 3.63) is 102 Å². The normalized spacial score (nSPS) is 26.2. The first-order valence-electron chi connectivity index (χ1n) is 16.9. The molecule has 4 aliphatic rings. The average Bonchev–Trinajstić information content (AvgIpc) is 3.46. The summed E-state index contributed by atoms with van der Waals surface area (Å²) in [4.78, 5) is 10.2. The van der Waals surface area contributed by atoms with E-state index in [1.54, 1.807) is 0 Å². The Kier molecular flexibility index (Phi) is 8.82. The lowest BCUT2D eigenvalue weighted by molar-refractivity contribution is 0.0340. The third-order valence-electron chi connectivity index (χ3n) is 10.0. The average molecular weight is 601 g/mol. The van der Waals surface area contributed by atoms with Gasteiger partial charge in [0.25, 0.3) is 0 Å². The standard InChI is InChI=1S/C40H44N2O3/c1-3-5-13-26(4-2)25-44-38-24-34(41-40(42-38)31-18-11-12-19-35(31)43)33-23-37-39(30-17-10-9-16-29(30)33)32-21-20-28(22-36(32)45-37)27-14-7-6-8-15-27/h6-8,10-12,14-15,17-23,26,29-31,35,38,43H,3-5,9,13,16,24-25H2,1-2H3. The third-order valence-corrected chi connectivity index (χ3v) is 10.0. The minimum atomic E-state index is -0.656. The second-order valence-corrected chi connectivity index (χ2v) is 12.9. The highest BCUT2D eigenvalue weighted by atomic mass is 16.5. The summed E-state index contributed by atoms with van der Waals surface area (Å²) < 4.78 is 13.2. The Labute approximate surface area is 266 Å². The summed E-state index contributed by atoms with van der Waals surface area (Å²) in [6.07, 6.45) is 21.1. The fraction of sp³-hybridized carbons (Fsp3) is 0.400. The van der Waals surface area contributed by atoms with Gasteiger partial charge in [0.1, 0.15) is 17.2 Å². The maximum atomic E-state index is 10.9. The van der Waals surface area contributed by atoms with Crippen LogP contribution in [-0.4, -0.2) is 35.6 Å². The molecule has 1 N–H and O–H groups in total. The maximum Gasteiger partial charge on any atom is 0.155 e. The number of unbranched alkanes of at least 4 members (excludes halogenated alkanes) is 1. The van der Waals surface area contributed by atoms with E-state index >= 15 is 0 Å². The van der Waals surface area contributed by atoms with Gasteiger partial charge in [-0.05, 0) is 59.9 Å². The van der Waals surface area contributed by atoms with Crippen molar-refractivity contribution in [2.75, 3.05) is 6.61 Å². The van der Waals surface area contributed by atoms with Crippen molar-refractivity contribution in [2.45, 2.75) is 77.0 Å². The molecule has 232 valence electrons. The van der Waals surface area contributed by atoms with Crippen molar-refractivity contribution < 1.29 is 14.3 Å². The van der Waals surface area contributed by atoms with Crippen LogP contribution in [0.15, 0.2) is 105 Å². The van der Waals surface area contributed by atoms with Crippen molar-refractivity contribution in [2.24, 2.45) is 27.7 Å². The molecular weight excluding hydrogens is 556 g/mol. The molecule has 3 aliphatic carbocycles. The smallest absolute Gasteiger partial charge is 0.155 e. The molecule has 0 radical (unpaired) electrons. The van der Waals surface area contributed by atoms with E-state index in [1.165, 1.54) is 41.3 Å². The van der Waals surface area contributed by atoms with Crippen LogP contribution < -0.4 is 0 Å². The van der Waals surface area contributed by atoms with Crippen molar-refractivity contribution >= 4 is 28.6 Å². The van der Waals surface area contributed by atoms with Crippen LogP contribution in [0.1, 0.15) is 76.0 Å². The minimum absolute atomic E-state index is 0.226. The van der Waals surface area contributed by atoms with Gasteiger partial charge >= 0.3 is 0 Å². The fourth-order valence-corrected chi connectivity index (χ4v) is 7.41. The second-order valence-electron chi connectivity index (χ2n) is 12.9. The number of hydrogen-bond acceptors (Lipinski definition) is 5. The summed E-state index contributed by atoms with van der Waals surface area (Å²) in [7, 11) is 0. The van der Waals surface area contributed by atoms with Gasteiger partial charge in [-0.25, -0.2) is 9.98 Å². The molecule has 0 fully saturated rings. The highest BCUT2D eigenvalue weighted by molar-refractivity contribution is 6.13. The number of ether oxygens (including phenoxy) is 1. The number of aliphatic imine (C=N–C) groups is 2. The first-order valence-corrected chi connectivity index (χ1v) is 16.9. The van der Waals surface area contributed by atoms with Crippen molar-refractivity contribution in [1.29, 1.82) is 0 Å². The first-order chi connectivity index (χ1) is 22.1. The molecule has 5 heteroatoms. The van der Waals surface area contributed by atoms with Gasteiger partial charge in [-0.2, -0.15) is 0 Å². The molecule has 0 amide bonds. The van der Waals surface area contributed by atoms with Crippen LogP contribution in [0.5, 0.6) is 0 Å². The maximum absolute atomic E-state index is 10.9. The lowest BCUT2D eigenvalue weighted by atomic mass is 9.70. The van der Waals surface area contributed by atoms with E-state index in [4.69, 9.17) is 19.1 Å². The Morgan fingerprint density at radius 1 is 1.00 bits per heavy atom. The van der Waals surface area contributed by atoms with Crippen LogP contribution in [0.25, 0.3) is 28.2 Å². The van der Waals surface area contributed by atoms with E-state index < -0.39 is 6.10 Å². The van der Waals surface area contributed by atoms with Gasteiger partial charge in [-0.1, -0.05) is 112 Å². The number of hydrogen-bond donors (Lipinski definition) is 1. The Morgan fingerprint density at radius 2 is 1.87 bits per heavy atom. The Bertz CT molecular complexity index is 1710. The van der Waals surface area contributed by atoms with Gasteiger partial charge in [0.05, 0.1) is 24.3 Å². The summed E-state index contributed by atoms with van der Waals surface area (Å²) in [5.41, 5.74) is 6.79. The molecule has 0 saturated heterocycles. The molecule has 45 heavy (non-hydrogen) atoms. The highest BCUT2D eigenvalue weighted by Gasteiger charge is 2.39. The molecule has 0 bridgehead atoms. The monoisotopic (exact) mass is 600 g/mol.